The van der Waals surface area contributed by atoms with Crippen molar-refractivity contribution in [1.29, 1.82) is 0 Å². The van der Waals surface area contributed by atoms with Crippen molar-refractivity contribution < 1.29 is 9.90 Å². The fraction of sp³-hybridized carbons (Fsp3) is 0.240. The average molecular weight is 369 g/mol. The molecular formula is C25H23NO2. The van der Waals surface area contributed by atoms with Crippen LogP contribution in [0, 0.1) is 5.92 Å². The number of aromatic amines is 1. The highest BCUT2D eigenvalue weighted by Gasteiger charge is 2.27. The molecule has 0 saturated heterocycles. The molecule has 3 heteroatoms. The van der Waals surface area contributed by atoms with Crippen molar-refractivity contribution in [3.05, 3.63) is 71.4 Å². The van der Waals surface area contributed by atoms with Gasteiger partial charge in [0.25, 0.3) is 0 Å². The maximum absolute atomic E-state index is 11.7. The van der Waals surface area contributed by atoms with Crippen LogP contribution >= 0.6 is 0 Å². The SMILES string of the molecule is CCCC(Cc1cc2c(c3ccccc13)-c1c([nH]c3ccccc13)C2)C(=O)O. The summed E-state index contributed by atoms with van der Waals surface area (Å²) in [4.78, 5) is 15.3. The Bertz CT molecular complexity index is 1220. The number of nitrogens with one attached hydrogen (secondary N) is 1. The van der Waals surface area contributed by atoms with Gasteiger partial charge >= 0.3 is 5.97 Å². The Kier molecular flexibility index (Phi) is 3.97. The van der Waals surface area contributed by atoms with Gasteiger partial charge in [0.15, 0.2) is 0 Å². The molecule has 4 aromatic rings. The van der Waals surface area contributed by atoms with Crippen molar-refractivity contribution in [2.75, 3.05) is 0 Å². The Morgan fingerprint density at radius 3 is 2.50 bits per heavy atom. The van der Waals surface area contributed by atoms with Crippen molar-refractivity contribution in [3.63, 3.8) is 0 Å². The number of fused-ring (bicyclic) bond motifs is 7. The van der Waals surface area contributed by atoms with Crippen LogP contribution in [-0.4, -0.2) is 16.1 Å². The van der Waals surface area contributed by atoms with Crippen LogP contribution in [-0.2, 0) is 17.6 Å². The number of carboxylic acid groups (broad SMARTS) is 1. The van der Waals surface area contributed by atoms with E-state index in [1.54, 1.807) is 0 Å². The summed E-state index contributed by atoms with van der Waals surface area (Å²) in [6, 6.07) is 19.2. The van der Waals surface area contributed by atoms with E-state index in [1.807, 2.05) is 6.92 Å². The van der Waals surface area contributed by atoms with Gasteiger partial charge < -0.3 is 10.1 Å². The maximum Gasteiger partial charge on any atom is 0.306 e. The van der Waals surface area contributed by atoms with Crippen LogP contribution in [0.3, 0.4) is 0 Å². The van der Waals surface area contributed by atoms with Crippen molar-refractivity contribution in [2.45, 2.75) is 32.6 Å². The molecule has 28 heavy (non-hydrogen) atoms. The molecule has 0 amide bonds. The zero-order valence-electron chi connectivity index (χ0n) is 16.0. The molecule has 1 heterocycles. The quantitative estimate of drug-likeness (QED) is 0.403. The highest BCUT2D eigenvalue weighted by atomic mass is 16.4. The molecule has 1 aliphatic rings. The molecule has 3 aromatic carbocycles. The summed E-state index contributed by atoms with van der Waals surface area (Å²) in [5, 5.41) is 13.3. The van der Waals surface area contributed by atoms with Gasteiger partial charge in [0, 0.05) is 28.6 Å². The molecule has 5 rings (SSSR count). The first-order valence-electron chi connectivity index (χ1n) is 10.0. The van der Waals surface area contributed by atoms with Crippen LogP contribution in [0.25, 0.3) is 32.8 Å². The van der Waals surface area contributed by atoms with Gasteiger partial charge in [-0.05, 0) is 46.4 Å². The molecule has 0 radical (unpaired) electrons. The lowest BCUT2D eigenvalue weighted by Crippen LogP contribution is -2.16. The fourth-order valence-electron chi connectivity index (χ4n) is 4.85. The molecule has 0 fully saturated rings. The first-order chi connectivity index (χ1) is 13.7. The fourth-order valence-corrected chi connectivity index (χ4v) is 4.85. The Labute approximate surface area is 164 Å². The van der Waals surface area contributed by atoms with Gasteiger partial charge in [-0.2, -0.15) is 0 Å². The smallest absolute Gasteiger partial charge is 0.306 e. The second kappa shape index (κ2) is 6.52. The zero-order chi connectivity index (χ0) is 19.3. The minimum atomic E-state index is -0.692. The van der Waals surface area contributed by atoms with Crippen LogP contribution < -0.4 is 0 Å². The molecule has 0 spiro atoms. The summed E-state index contributed by atoms with van der Waals surface area (Å²) in [7, 11) is 0. The third-order valence-corrected chi connectivity index (χ3v) is 6.07. The normalized spacial score (nSPS) is 13.6. The molecule has 1 unspecified atom stereocenters. The van der Waals surface area contributed by atoms with Gasteiger partial charge in [0.2, 0.25) is 0 Å². The van der Waals surface area contributed by atoms with Crippen molar-refractivity contribution in [3.8, 4) is 11.1 Å². The number of carbonyl (C=O) groups is 1. The number of H-pyrrole nitrogens is 1. The number of aliphatic carboxylic acids is 1. The van der Waals surface area contributed by atoms with Crippen LogP contribution in [0.4, 0.5) is 0 Å². The molecule has 1 aliphatic carbocycles. The summed E-state index contributed by atoms with van der Waals surface area (Å²) in [6.07, 6.45) is 3.06. The van der Waals surface area contributed by atoms with E-state index in [0.29, 0.717) is 12.8 Å². The van der Waals surface area contributed by atoms with Crippen molar-refractivity contribution in [1.82, 2.24) is 4.98 Å². The summed E-state index contributed by atoms with van der Waals surface area (Å²) < 4.78 is 0. The number of hydrogen-bond acceptors (Lipinski definition) is 1. The van der Waals surface area contributed by atoms with E-state index in [9.17, 15) is 9.90 Å². The Morgan fingerprint density at radius 1 is 1.04 bits per heavy atom. The van der Waals surface area contributed by atoms with Crippen LogP contribution in [0.1, 0.15) is 36.6 Å². The van der Waals surface area contributed by atoms with Crippen LogP contribution in [0.5, 0.6) is 0 Å². The van der Waals surface area contributed by atoms with E-state index < -0.39 is 5.97 Å². The van der Waals surface area contributed by atoms with Gasteiger partial charge in [0.1, 0.15) is 0 Å². The third kappa shape index (κ3) is 2.54. The Balaban J connectivity index is 1.72. The monoisotopic (exact) mass is 369 g/mol. The summed E-state index contributed by atoms with van der Waals surface area (Å²) in [5.41, 5.74) is 7.54. The standard InChI is InChI=1S/C25H23NO2/c1-2-7-15(25(27)28)12-16-13-17-14-22-24(20-10-5-6-11-21(20)26-22)23(17)19-9-4-3-8-18(16)19/h3-6,8-11,13,15,26H,2,7,12,14H2,1H3,(H,27,28). The molecule has 1 atom stereocenters. The van der Waals surface area contributed by atoms with E-state index in [4.69, 9.17) is 0 Å². The molecule has 0 saturated carbocycles. The van der Waals surface area contributed by atoms with Crippen molar-refractivity contribution >= 4 is 27.6 Å². The maximum atomic E-state index is 11.7. The molecule has 2 N–H and O–H groups in total. The van der Waals surface area contributed by atoms with Gasteiger partial charge in [-0.1, -0.05) is 61.9 Å². The highest BCUT2D eigenvalue weighted by Crippen LogP contribution is 2.46. The van der Waals surface area contributed by atoms with Crippen molar-refractivity contribution in [2.24, 2.45) is 5.92 Å². The molecular weight excluding hydrogens is 346 g/mol. The molecule has 0 bridgehead atoms. The number of rotatable bonds is 5. The van der Waals surface area contributed by atoms with E-state index >= 15 is 0 Å². The Morgan fingerprint density at radius 2 is 1.75 bits per heavy atom. The average Bonchev–Trinajstić information content (AvgIpc) is 3.23. The van der Waals surface area contributed by atoms with Gasteiger partial charge in [-0.15, -0.1) is 0 Å². The number of benzene rings is 3. The lowest BCUT2D eigenvalue weighted by Gasteiger charge is -2.16. The lowest BCUT2D eigenvalue weighted by molar-refractivity contribution is -0.141. The van der Waals surface area contributed by atoms with Crippen LogP contribution in [0.15, 0.2) is 54.6 Å². The zero-order valence-corrected chi connectivity index (χ0v) is 16.0. The van der Waals surface area contributed by atoms with E-state index in [1.165, 1.54) is 44.1 Å². The number of aromatic nitrogens is 1. The predicted molar refractivity (Wildman–Crippen MR) is 114 cm³/mol. The second-order valence-corrected chi connectivity index (χ2v) is 7.84. The van der Waals surface area contributed by atoms with Crippen LogP contribution in [0.2, 0.25) is 0 Å². The molecule has 1 aromatic heterocycles. The lowest BCUT2D eigenvalue weighted by atomic mass is 9.88. The van der Waals surface area contributed by atoms with E-state index in [-0.39, 0.29) is 5.92 Å². The summed E-state index contributed by atoms with van der Waals surface area (Å²) in [5.74, 6) is -1.02. The van der Waals surface area contributed by atoms with E-state index in [2.05, 4.69) is 59.6 Å². The molecule has 3 nitrogen and oxygen atoms in total. The third-order valence-electron chi connectivity index (χ3n) is 6.07. The number of hydrogen-bond donors (Lipinski definition) is 2. The summed E-state index contributed by atoms with van der Waals surface area (Å²) >= 11 is 0. The predicted octanol–water partition coefficient (Wildman–Crippen LogP) is 5.94. The number of carboxylic acids is 1. The summed E-state index contributed by atoms with van der Waals surface area (Å²) in [6.45, 7) is 2.05. The first kappa shape index (κ1) is 17.1. The largest absolute Gasteiger partial charge is 0.481 e. The van der Waals surface area contributed by atoms with E-state index in [0.717, 1.165) is 18.4 Å². The topological polar surface area (TPSA) is 53.1 Å². The van der Waals surface area contributed by atoms with Gasteiger partial charge in [-0.25, -0.2) is 0 Å². The van der Waals surface area contributed by atoms with Gasteiger partial charge in [0.05, 0.1) is 5.92 Å². The molecule has 0 aliphatic heterocycles. The minimum Gasteiger partial charge on any atom is -0.481 e. The second-order valence-electron chi connectivity index (χ2n) is 7.84. The first-order valence-corrected chi connectivity index (χ1v) is 10.0. The minimum absolute atomic E-state index is 0.327. The molecule has 140 valence electrons. The Hall–Kier alpha value is -3.07. The number of para-hydroxylation sites is 1. The van der Waals surface area contributed by atoms with Gasteiger partial charge in [-0.3, -0.25) is 4.79 Å². The highest BCUT2D eigenvalue weighted by molar-refractivity contribution is 6.10.